The Morgan fingerprint density at radius 1 is 1.11 bits per heavy atom. The van der Waals surface area contributed by atoms with Crippen LogP contribution < -0.4 is 15.4 Å². The van der Waals surface area contributed by atoms with Gasteiger partial charge in [-0.3, -0.25) is 4.79 Å². The van der Waals surface area contributed by atoms with Crippen molar-refractivity contribution >= 4 is 23.2 Å². The first-order valence-corrected chi connectivity index (χ1v) is 13.6. The number of ether oxygens (including phenoxy) is 1. The van der Waals surface area contributed by atoms with Crippen molar-refractivity contribution in [3.63, 3.8) is 0 Å². The van der Waals surface area contributed by atoms with Gasteiger partial charge < -0.3 is 25.2 Å². The third-order valence-corrected chi connectivity index (χ3v) is 6.84. The molecule has 3 aromatic heterocycles. The van der Waals surface area contributed by atoms with E-state index in [1.807, 2.05) is 11.1 Å². The van der Waals surface area contributed by atoms with Gasteiger partial charge in [0.1, 0.15) is 5.82 Å². The van der Waals surface area contributed by atoms with Crippen molar-refractivity contribution in [2.24, 2.45) is 0 Å². The molecule has 0 aromatic carbocycles. The van der Waals surface area contributed by atoms with Crippen LogP contribution in [0.1, 0.15) is 55.8 Å². The van der Waals surface area contributed by atoms with E-state index in [4.69, 9.17) is 15.5 Å². The number of amides is 1. The van der Waals surface area contributed by atoms with Crippen LogP contribution in [0.25, 0.3) is 5.65 Å². The van der Waals surface area contributed by atoms with Crippen molar-refractivity contribution in [3.05, 3.63) is 35.3 Å². The van der Waals surface area contributed by atoms with E-state index in [9.17, 15) is 4.79 Å². The number of carbonyl (C=O) groups is 1. The summed E-state index contributed by atoms with van der Waals surface area (Å²) in [6.45, 7) is 8.82. The van der Waals surface area contributed by atoms with E-state index in [-0.39, 0.29) is 11.9 Å². The molecule has 206 valence electrons. The van der Waals surface area contributed by atoms with Crippen molar-refractivity contribution in [3.8, 4) is 6.01 Å². The number of nitrogens with zero attached hydrogens (tertiary/aromatic N) is 8. The maximum atomic E-state index is 12.6. The first kappa shape index (κ1) is 27.6. The molecule has 0 radical (unpaired) electrons. The van der Waals surface area contributed by atoms with Crippen molar-refractivity contribution in [1.82, 2.24) is 34.4 Å². The quantitative estimate of drug-likeness (QED) is 0.357. The first-order valence-electron chi connectivity index (χ1n) is 13.6. The molecule has 38 heavy (non-hydrogen) atoms. The van der Waals surface area contributed by atoms with Gasteiger partial charge in [0.2, 0.25) is 5.91 Å². The van der Waals surface area contributed by atoms with E-state index in [0.717, 1.165) is 81.0 Å². The maximum absolute atomic E-state index is 12.6. The van der Waals surface area contributed by atoms with Gasteiger partial charge in [-0.25, -0.2) is 14.5 Å². The van der Waals surface area contributed by atoms with Gasteiger partial charge in [-0.1, -0.05) is 19.4 Å². The Bertz CT molecular complexity index is 1220. The average Bonchev–Trinajstić information content (AvgIpc) is 3.30. The van der Waals surface area contributed by atoms with E-state index >= 15 is 0 Å². The lowest BCUT2D eigenvalue weighted by Crippen LogP contribution is -2.49. The summed E-state index contributed by atoms with van der Waals surface area (Å²) >= 11 is 0. The number of anilines is 2. The number of piperazine rings is 1. The van der Waals surface area contributed by atoms with Crippen LogP contribution in [0.4, 0.5) is 11.6 Å². The summed E-state index contributed by atoms with van der Waals surface area (Å²) in [7, 11) is 4.13. The molecule has 0 atom stereocenters. The van der Waals surface area contributed by atoms with Crippen LogP contribution in [0, 0.1) is 6.92 Å². The molecular formula is C27H41N9O2. The third-order valence-electron chi connectivity index (χ3n) is 6.84. The Kier molecular flexibility index (Phi) is 9.33. The molecule has 0 saturated carbocycles. The van der Waals surface area contributed by atoms with Gasteiger partial charge in [0, 0.05) is 45.2 Å². The molecule has 4 rings (SSSR count). The Balaban J connectivity index is 1.36. The van der Waals surface area contributed by atoms with E-state index < -0.39 is 0 Å². The number of pyridine rings is 1. The van der Waals surface area contributed by atoms with E-state index in [2.05, 4.69) is 58.9 Å². The zero-order valence-electron chi connectivity index (χ0n) is 23.2. The predicted molar refractivity (Wildman–Crippen MR) is 149 cm³/mol. The molecule has 1 saturated heterocycles. The summed E-state index contributed by atoms with van der Waals surface area (Å²) in [5.74, 6) is 1.54. The fourth-order valence-electron chi connectivity index (χ4n) is 4.71. The largest absolute Gasteiger partial charge is 0.462 e. The number of carbonyl (C=O) groups excluding carboxylic acids is 1. The molecule has 2 N–H and O–H groups in total. The fraction of sp³-hybridized carbons (Fsp3) is 0.593. The van der Waals surface area contributed by atoms with E-state index in [0.29, 0.717) is 30.9 Å². The van der Waals surface area contributed by atoms with Crippen LogP contribution in [0.3, 0.4) is 0 Å². The summed E-state index contributed by atoms with van der Waals surface area (Å²) in [5, 5.41) is 4.51. The smallest absolute Gasteiger partial charge is 0.336 e. The van der Waals surface area contributed by atoms with Gasteiger partial charge in [-0.2, -0.15) is 4.98 Å². The molecule has 1 aliphatic heterocycles. The van der Waals surface area contributed by atoms with Crippen molar-refractivity contribution < 1.29 is 9.53 Å². The summed E-state index contributed by atoms with van der Waals surface area (Å²) < 4.78 is 7.38. The first-order chi connectivity index (χ1) is 18.4. The second kappa shape index (κ2) is 12.9. The van der Waals surface area contributed by atoms with Gasteiger partial charge in [-0.15, -0.1) is 5.10 Å². The van der Waals surface area contributed by atoms with Gasteiger partial charge in [0.15, 0.2) is 11.5 Å². The van der Waals surface area contributed by atoms with Gasteiger partial charge in [0.05, 0.1) is 18.5 Å². The molecule has 0 spiro atoms. The molecular weight excluding hydrogens is 482 g/mol. The second-order valence-corrected chi connectivity index (χ2v) is 10.3. The fourth-order valence-corrected chi connectivity index (χ4v) is 4.71. The standard InChI is InChI=1S/C27H41N9O2/c1-5-6-15-38-27-31-24(28)26-30-19-22(36(26)32-27)17-21-16-20(2)25(29-18-21)35-13-11-34(12-14-35)23(37)9-7-8-10-33(3)4/h16,18-19H,5-15,17H2,1-4H3,(H2,28,31,32). The molecule has 1 amide bonds. The molecule has 1 aliphatic rings. The second-order valence-electron chi connectivity index (χ2n) is 10.3. The molecule has 3 aromatic rings. The third kappa shape index (κ3) is 6.89. The number of nitrogen functional groups attached to an aromatic ring is 1. The number of imidazole rings is 1. The number of aromatic nitrogens is 5. The number of nitrogens with two attached hydrogens (primary N) is 1. The van der Waals surface area contributed by atoms with Gasteiger partial charge in [0.25, 0.3) is 0 Å². The van der Waals surface area contributed by atoms with Gasteiger partial charge in [-0.05, 0) is 58.0 Å². The monoisotopic (exact) mass is 523 g/mol. The highest BCUT2D eigenvalue weighted by Crippen LogP contribution is 2.22. The SMILES string of the molecule is CCCCOc1nc(N)c2ncc(Cc3cnc(N4CCN(C(=O)CCCCN(C)C)CC4)c(C)c3)n2n1. The molecule has 4 heterocycles. The number of aryl methyl sites for hydroxylation is 1. The topological polar surface area (TPSA) is 118 Å². The van der Waals surface area contributed by atoms with Crippen molar-refractivity contribution in [2.45, 2.75) is 52.4 Å². The van der Waals surface area contributed by atoms with Crippen LogP contribution in [0.15, 0.2) is 18.5 Å². The Hall–Kier alpha value is -3.47. The lowest BCUT2D eigenvalue weighted by molar-refractivity contribution is -0.131. The van der Waals surface area contributed by atoms with Crippen LogP contribution in [0.5, 0.6) is 6.01 Å². The zero-order chi connectivity index (χ0) is 27.1. The van der Waals surface area contributed by atoms with Gasteiger partial charge >= 0.3 is 6.01 Å². The maximum Gasteiger partial charge on any atom is 0.336 e. The number of fused-ring (bicyclic) bond motifs is 1. The highest BCUT2D eigenvalue weighted by atomic mass is 16.5. The normalized spacial score (nSPS) is 14.0. The van der Waals surface area contributed by atoms with Crippen LogP contribution in [-0.2, 0) is 11.2 Å². The van der Waals surface area contributed by atoms with Crippen LogP contribution >= 0.6 is 0 Å². The molecule has 11 heteroatoms. The minimum Gasteiger partial charge on any atom is -0.462 e. The minimum absolute atomic E-state index is 0.263. The van der Waals surface area contributed by atoms with Crippen molar-refractivity contribution in [1.29, 1.82) is 0 Å². The minimum atomic E-state index is 0.263. The number of hydrogen-bond donors (Lipinski definition) is 1. The van der Waals surface area contributed by atoms with Crippen LogP contribution in [-0.4, -0.2) is 93.7 Å². The molecule has 1 fully saturated rings. The zero-order valence-corrected chi connectivity index (χ0v) is 23.2. The number of rotatable bonds is 12. The van der Waals surface area contributed by atoms with E-state index in [1.54, 1.807) is 10.7 Å². The summed E-state index contributed by atoms with van der Waals surface area (Å²) in [5.41, 5.74) is 9.69. The molecule has 0 unspecified atom stereocenters. The predicted octanol–water partition coefficient (Wildman–Crippen LogP) is 2.56. The highest BCUT2D eigenvalue weighted by Gasteiger charge is 2.23. The molecule has 0 bridgehead atoms. The van der Waals surface area contributed by atoms with E-state index in [1.165, 1.54) is 0 Å². The summed E-state index contributed by atoms with van der Waals surface area (Å²) in [6.07, 6.45) is 8.88. The molecule has 11 nitrogen and oxygen atoms in total. The number of hydrogen-bond acceptors (Lipinski definition) is 9. The summed E-state index contributed by atoms with van der Waals surface area (Å²) in [4.78, 5) is 32.5. The summed E-state index contributed by atoms with van der Waals surface area (Å²) in [6, 6.07) is 2.42. The highest BCUT2D eigenvalue weighted by molar-refractivity contribution is 5.76. The Morgan fingerprint density at radius 2 is 1.89 bits per heavy atom. The number of unbranched alkanes of at least 4 members (excludes halogenated alkanes) is 2. The van der Waals surface area contributed by atoms with Crippen molar-refractivity contribution in [2.75, 3.05) is 64.1 Å². The lowest BCUT2D eigenvalue weighted by atomic mass is 10.1. The molecule has 0 aliphatic carbocycles. The van der Waals surface area contributed by atoms with Crippen LogP contribution in [0.2, 0.25) is 0 Å². The average molecular weight is 524 g/mol. The Morgan fingerprint density at radius 3 is 2.61 bits per heavy atom. The Labute approximate surface area is 225 Å². The lowest BCUT2D eigenvalue weighted by Gasteiger charge is -2.36.